The molecule has 0 unspecified atom stereocenters. The van der Waals surface area contributed by atoms with E-state index >= 15 is 0 Å². The predicted molar refractivity (Wildman–Crippen MR) is 83.6 cm³/mol. The summed E-state index contributed by atoms with van der Waals surface area (Å²) in [7, 11) is -1.68. The number of thiophene rings is 1. The van der Waals surface area contributed by atoms with Crippen LogP contribution in [-0.4, -0.2) is 24.7 Å². The van der Waals surface area contributed by atoms with Crippen LogP contribution in [0.1, 0.15) is 23.9 Å². The summed E-state index contributed by atoms with van der Waals surface area (Å²) in [6.45, 7) is 3.97. The molecular weight excluding hydrogens is 308 g/mol. The molecule has 0 aliphatic rings. The first-order valence-corrected chi connectivity index (χ1v) is 9.09. The zero-order valence-corrected chi connectivity index (χ0v) is 13.8. The Labute approximate surface area is 129 Å². The van der Waals surface area contributed by atoms with Crippen molar-refractivity contribution in [1.29, 1.82) is 0 Å². The van der Waals surface area contributed by atoms with Gasteiger partial charge in [-0.15, -0.1) is 11.3 Å². The summed E-state index contributed by atoms with van der Waals surface area (Å²) < 4.78 is 29.1. The van der Waals surface area contributed by atoms with Crippen molar-refractivity contribution in [1.82, 2.24) is 19.8 Å². The molecule has 6 nitrogen and oxygen atoms in total. The van der Waals surface area contributed by atoms with Crippen LogP contribution in [0.15, 0.2) is 28.6 Å². The average Bonchev–Trinajstić information content (AvgIpc) is 3.06. The molecule has 0 radical (unpaired) electrons. The number of hydrogen-bond acceptors (Lipinski definition) is 5. The lowest BCUT2D eigenvalue weighted by molar-refractivity contribution is 0.579. The van der Waals surface area contributed by atoms with Gasteiger partial charge in [-0.1, -0.05) is 6.92 Å². The smallest absolute Gasteiger partial charge is 0.250 e. The van der Waals surface area contributed by atoms with Gasteiger partial charge >= 0.3 is 0 Å². The summed E-state index contributed by atoms with van der Waals surface area (Å²) in [5.74, 6) is 0. The molecule has 0 aliphatic heterocycles. The lowest BCUT2D eigenvalue weighted by Crippen LogP contribution is -2.23. The van der Waals surface area contributed by atoms with E-state index in [1.165, 1.54) is 11.3 Å². The molecule has 2 heterocycles. The second kappa shape index (κ2) is 7.17. The van der Waals surface area contributed by atoms with Gasteiger partial charge in [0.05, 0.1) is 12.2 Å². The Morgan fingerprint density at radius 3 is 2.76 bits per heavy atom. The third-order valence-corrected chi connectivity index (χ3v) is 5.97. The van der Waals surface area contributed by atoms with Gasteiger partial charge in [-0.2, -0.15) is 5.10 Å². The van der Waals surface area contributed by atoms with Crippen molar-refractivity contribution in [2.75, 3.05) is 6.54 Å². The van der Waals surface area contributed by atoms with Crippen LogP contribution >= 0.6 is 11.3 Å². The Balaban J connectivity index is 1.97. The van der Waals surface area contributed by atoms with Crippen molar-refractivity contribution >= 4 is 21.4 Å². The first-order chi connectivity index (χ1) is 10.0. The molecule has 8 heteroatoms. The minimum atomic E-state index is -3.46. The Hall–Kier alpha value is -1.22. The van der Waals surface area contributed by atoms with Crippen LogP contribution in [0, 0.1) is 0 Å². The first kappa shape index (κ1) is 16.2. The normalized spacial score (nSPS) is 11.9. The standard InChI is InChI=1S/C13H20N4O2S2/c1-3-7-14-10-12-4-5-13(20-12)21(18,19)16-9-11-6-8-15-17(11)2/h4-6,8,14,16H,3,7,9-10H2,1-2H3. The summed E-state index contributed by atoms with van der Waals surface area (Å²) in [5, 5.41) is 7.27. The Morgan fingerprint density at radius 2 is 2.10 bits per heavy atom. The van der Waals surface area contributed by atoms with Gasteiger partial charge in [0.1, 0.15) is 4.21 Å². The van der Waals surface area contributed by atoms with Crippen LogP contribution in [0.3, 0.4) is 0 Å². The SMILES string of the molecule is CCCNCc1ccc(S(=O)(=O)NCc2ccnn2C)s1. The van der Waals surface area contributed by atoms with Crippen molar-refractivity contribution < 1.29 is 8.42 Å². The Kier molecular flexibility index (Phi) is 5.51. The Bertz CT molecular complexity index is 676. The average molecular weight is 328 g/mol. The van der Waals surface area contributed by atoms with E-state index in [4.69, 9.17) is 0 Å². The summed E-state index contributed by atoms with van der Waals surface area (Å²) in [4.78, 5) is 1.02. The first-order valence-electron chi connectivity index (χ1n) is 6.79. The molecule has 0 aromatic carbocycles. The predicted octanol–water partition coefficient (Wildman–Crippen LogP) is 1.46. The van der Waals surface area contributed by atoms with E-state index < -0.39 is 10.0 Å². The van der Waals surface area contributed by atoms with E-state index in [1.54, 1.807) is 30.1 Å². The molecule has 2 aromatic rings. The van der Waals surface area contributed by atoms with Crippen molar-refractivity contribution in [3.05, 3.63) is 35.0 Å². The van der Waals surface area contributed by atoms with Crippen molar-refractivity contribution in [2.24, 2.45) is 7.05 Å². The van der Waals surface area contributed by atoms with E-state index in [1.807, 2.05) is 6.07 Å². The monoisotopic (exact) mass is 328 g/mol. The molecule has 0 atom stereocenters. The summed E-state index contributed by atoms with van der Waals surface area (Å²) in [6, 6.07) is 5.29. The molecule has 21 heavy (non-hydrogen) atoms. The van der Waals surface area contributed by atoms with Gasteiger partial charge in [0.2, 0.25) is 10.0 Å². The van der Waals surface area contributed by atoms with Crippen LogP contribution in [0.2, 0.25) is 0 Å². The van der Waals surface area contributed by atoms with E-state index in [0.717, 1.165) is 23.5 Å². The second-order valence-electron chi connectivity index (χ2n) is 4.67. The number of nitrogens with zero attached hydrogens (tertiary/aromatic N) is 2. The van der Waals surface area contributed by atoms with Crippen LogP contribution in [0.4, 0.5) is 0 Å². The third-order valence-electron chi connectivity index (χ3n) is 2.99. The second-order valence-corrected chi connectivity index (χ2v) is 7.83. The molecule has 0 amide bonds. The zero-order valence-electron chi connectivity index (χ0n) is 12.2. The van der Waals surface area contributed by atoms with E-state index in [-0.39, 0.29) is 6.54 Å². The minimum absolute atomic E-state index is 0.236. The van der Waals surface area contributed by atoms with Gasteiger partial charge in [0, 0.05) is 24.7 Å². The molecule has 0 fully saturated rings. The van der Waals surface area contributed by atoms with Gasteiger partial charge in [-0.3, -0.25) is 4.68 Å². The zero-order chi connectivity index (χ0) is 15.3. The van der Waals surface area contributed by atoms with Gasteiger partial charge in [0.25, 0.3) is 0 Å². The van der Waals surface area contributed by atoms with E-state index in [2.05, 4.69) is 22.1 Å². The third kappa shape index (κ3) is 4.37. The number of aryl methyl sites for hydroxylation is 1. The minimum Gasteiger partial charge on any atom is -0.312 e. The lowest BCUT2D eigenvalue weighted by atomic mass is 10.4. The van der Waals surface area contributed by atoms with Crippen LogP contribution in [0.5, 0.6) is 0 Å². The molecule has 0 bridgehead atoms. The molecular formula is C13H20N4O2S2. The highest BCUT2D eigenvalue weighted by atomic mass is 32.2. The quantitative estimate of drug-likeness (QED) is 0.719. The van der Waals surface area contributed by atoms with Gasteiger partial charge in [0.15, 0.2) is 0 Å². The van der Waals surface area contributed by atoms with E-state index in [0.29, 0.717) is 10.8 Å². The topological polar surface area (TPSA) is 76.0 Å². The van der Waals surface area contributed by atoms with Crippen LogP contribution in [0.25, 0.3) is 0 Å². The molecule has 2 N–H and O–H groups in total. The highest BCUT2D eigenvalue weighted by Crippen LogP contribution is 2.21. The number of rotatable bonds is 8. The number of nitrogens with one attached hydrogen (secondary N) is 2. The molecule has 116 valence electrons. The van der Waals surface area contributed by atoms with Crippen LogP contribution < -0.4 is 10.0 Å². The highest BCUT2D eigenvalue weighted by Gasteiger charge is 2.17. The lowest BCUT2D eigenvalue weighted by Gasteiger charge is -2.05. The fourth-order valence-corrected chi connectivity index (χ4v) is 4.17. The fraction of sp³-hybridized carbons (Fsp3) is 0.462. The number of sulfonamides is 1. The molecule has 0 saturated carbocycles. The maximum Gasteiger partial charge on any atom is 0.250 e. The molecule has 0 aliphatic carbocycles. The largest absolute Gasteiger partial charge is 0.312 e. The maximum atomic E-state index is 12.2. The fourth-order valence-electron chi connectivity index (χ4n) is 1.80. The molecule has 0 spiro atoms. The molecule has 2 aromatic heterocycles. The van der Waals surface area contributed by atoms with Crippen molar-refractivity contribution in [3.63, 3.8) is 0 Å². The van der Waals surface area contributed by atoms with Gasteiger partial charge < -0.3 is 5.32 Å². The summed E-state index contributed by atoms with van der Waals surface area (Å²) in [6.07, 6.45) is 2.70. The molecule has 0 saturated heterocycles. The highest BCUT2D eigenvalue weighted by molar-refractivity contribution is 7.91. The van der Waals surface area contributed by atoms with Gasteiger partial charge in [-0.05, 0) is 31.2 Å². The van der Waals surface area contributed by atoms with Crippen molar-refractivity contribution in [3.8, 4) is 0 Å². The summed E-state index contributed by atoms with van der Waals surface area (Å²) in [5.41, 5.74) is 0.819. The number of aromatic nitrogens is 2. The van der Waals surface area contributed by atoms with Crippen LogP contribution in [-0.2, 0) is 30.2 Å². The Morgan fingerprint density at radius 1 is 1.29 bits per heavy atom. The van der Waals surface area contributed by atoms with Crippen molar-refractivity contribution in [2.45, 2.75) is 30.6 Å². The maximum absolute atomic E-state index is 12.2. The molecule has 2 rings (SSSR count). The summed E-state index contributed by atoms with van der Waals surface area (Å²) >= 11 is 1.30. The van der Waals surface area contributed by atoms with Gasteiger partial charge in [-0.25, -0.2) is 13.1 Å². The number of hydrogen-bond donors (Lipinski definition) is 2. The van der Waals surface area contributed by atoms with E-state index in [9.17, 15) is 8.42 Å².